The second kappa shape index (κ2) is 6.11. The second-order valence-electron chi connectivity index (χ2n) is 7.75. The molecule has 4 rings (SSSR count). The van der Waals surface area contributed by atoms with Crippen LogP contribution in [0.25, 0.3) is 0 Å². The lowest BCUT2D eigenvalue weighted by Crippen LogP contribution is -2.46. The van der Waals surface area contributed by atoms with E-state index >= 15 is 0 Å². The molecule has 4 fully saturated rings. The largest absolute Gasteiger partial charge is 0.481 e. The molecule has 0 aromatic carbocycles. The molecule has 22 heavy (non-hydrogen) atoms. The van der Waals surface area contributed by atoms with Gasteiger partial charge >= 0.3 is 5.97 Å². The lowest BCUT2D eigenvalue weighted by Gasteiger charge is -2.46. The van der Waals surface area contributed by atoms with Gasteiger partial charge in [-0.05, 0) is 75.5 Å². The first-order chi connectivity index (χ1) is 10.4. The van der Waals surface area contributed by atoms with Crippen LogP contribution in [0.1, 0.15) is 64.2 Å². The van der Waals surface area contributed by atoms with Crippen molar-refractivity contribution in [3.63, 3.8) is 0 Å². The number of sulfonamides is 1. The topological polar surface area (TPSA) is 83.5 Å². The van der Waals surface area contributed by atoms with Crippen LogP contribution >= 0.6 is 0 Å². The highest BCUT2D eigenvalue weighted by Crippen LogP contribution is 2.50. The minimum atomic E-state index is -3.26. The molecule has 2 N–H and O–H groups in total. The first-order valence-corrected chi connectivity index (χ1v) is 10.3. The van der Waals surface area contributed by atoms with Gasteiger partial charge in [-0.3, -0.25) is 4.79 Å². The highest BCUT2D eigenvalue weighted by atomic mass is 32.2. The Balaban J connectivity index is 1.54. The number of aliphatic carboxylic acids is 1. The summed E-state index contributed by atoms with van der Waals surface area (Å²) in [6.07, 6.45) is 9.21. The maximum Gasteiger partial charge on any atom is 0.306 e. The number of hydrogen-bond donors (Lipinski definition) is 2. The van der Waals surface area contributed by atoms with E-state index in [1.165, 1.54) is 19.3 Å². The molecule has 4 saturated carbocycles. The molecular formula is C16H27NO4S. The van der Waals surface area contributed by atoms with Crippen LogP contribution in [-0.4, -0.2) is 31.3 Å². The van der Waals surface area contributed by atoms with Gasteiger partial charge in [0.15, 0.2) is 0 Å². The first kappa shape index (κ1) is 16.2. The van der Waals surface area contributed by atoms with Gasteiger partial charge in [-0.25, -0.2) is 13.1 Å². The van der Waals surface area contributed by atoms with Crippen LogP contribution in [0.2, 0.25) is 0 Å². The summed E-state index contributed by atoms with van der Waals surface area (Å²) in [7, 11) is -3.26. The fraction of sp³-hybridized carbons (Fsp3) is 0.938. The van der Waals surface area contributed by atoms with Gasteiger partial charge in [-0.2, -0.15) is 0 Å². The Kier molecular flexibility index (Phi) is 4.52. The Morgan fingerprint density at radius 3 is 2.05 bits per heavy atom. The number of carboxylic acids is 1. The van der Waals surface area contributed by atoms with E-state index in [2.05, 4.69) is 4.72 Å². The van der Waals surface area contributed by atoms with Crippen molar-refractivity contribution in [3.8, 4) is 0 Å². The molecule has 0 unspecified atom stereocenters. The smallest absolute Gasteiger partial charge is 0.306 e. The van der Waals surface area contributed by atoms with Crippen LogP contribution < -0.4 is 4.72 Å². The van der Waals surface area contributed by atoms with Crippen LogP contribution in [0, 0.1) is 17.3 Å². The van der Waals surface area contributed by atoms with Crippen molar-refractivity contribution in [2.75, 3.05) is 5.75 Å². The Hall–Kier alpha value is -0.620. The highest BCUT2D eigenvalue weighted by molar-refractivity contribution is 7.89. The van der Waals surface area contributed by atoms with Crippen LogP contribution in [0.4, 0.5) is 0 Å². The summed E-state index contributed by atoms with van der Waals surface area (Å²) >= 11 is 0. The molecule has 5 nitrogen and oxygen atoms in total. The number of nitrogens with one attached hydrogen (secondary N) is 1. The molecule has 0 aliphatic heterocycles. The number of carboxylic acid groups (broad SMARTS) is 1. The standard InChI is InChI=1S/C16H27NO4S/c18-15(19)13-1-3-14(4-2-13)17-22(20,21)11-16-8-5-12(6-9-16)7-10-16/h12-14,17H,1-11H2,(H,18,19). The van der Waals surface area contributed by atoms with E-state index in [0.29, 0.717) is 25.7 Å². The van der Waals surface area contributed by atoms with Gasteiger partial charge in [-0.1, -0.05) is 0 Å². The van der Waals surface area contributed by atoms with E-state index in [4.69, 9.17) is 5.11 Å². The molecule has 4 aliphatic rings. The van der Waals surface area contributed by atoms with E-state index in [1.54, 1.807) is 0 Å². The predicted molar refractivity (Wildman–Crippen MR) is 83.9 cm³/mol. The zero-order chi connectivity index (χ0) is 15.8. The summed E-state index contributed by atoms with van der Waals surface area (Å²) in [5, 5.41) is 9.01. The number of carbonyl (C=O) groups is 1. The molecule has 0 aromatic heterocycles. The van der Waals surface area contributed by atoms with Gasteiger partial charge in [0.05, 0.1) is 11.7 Å². The summed E-state index contributed by atoms with van der Waals surface area (Å²) in [6.45, 7) is 0. The molecule has 4 aliphatic carbocycles. The summed E-state index contributed by atoms with van der Waals surface area (Å²) in [5.41, 5.74) is 0.0127. The Labute approximate surface area is 132 Å². The normalized spacial score (nSPS) is 38.8. The van der Waals surface area contributed by atoms with Crippen LogP contribution in [0.15, 0.2) is 0 Å². The van der Waals surface area contributed by atoms with E-state index in [0.717, 1.165) is 25.2 Å². The third-order valence-corrected chi connectivity index (χ3v) is 7.85. The van der Waals surface area contributed by atoms with Crippen LogP contribution in [-0.2, 0) is 14.8 Å². The maximum absolute atomic E-state index is 12.5. The molecule has 2 bridgehead atoms. The SMILES string of the molecule is O=C(O)C1CCC(NS(=O)(=O)CC23CCC(CC2)CC3)CC1. The van der Waals surface area contributed by atoms with Gasteiger partial charge in [-0.15, -0.1) is 0 Å². The van der Waals surface area contributed by atoms with Crippen molar-refractivity contribution in [1.29, 1.82) is 0 Å². The second-order valence-corrected chi connectivity index (χ2v) is 9.50. The summed E-state index contributed by atoms with van der Waals surface area (Å²) in [6, 6.07) is -0.0723. The Morgan fingerprint density at radius 1 is 1.00 bits per heavy atom. The average molecular weight is 329 g/mol. The average Bonchev–Trinajstić information content (AvgIpc) is 2.48. The predicted octanol–water partition coefficient (Wildman–Crippen LogP) is 2.52. The molecule has 0 heterocycles. The van der Waals surface area contributed by atoms with Gasteiger partial charge in [0, 0.05) is 6.04 Å². The Bertz CT molecular complexity index is 500. The van der Waals surface area contributed by atoms with Crippen molar-refractivity contribution < 1.29 is 18.3 Å². The van der Waals surface area contributed by atoms with E-state index in [-0.39, 0.29) is 23.1 Å². The molecule has 0 spiro atoms. The molecule has 0 aromatic rings. The molecule has 0 saturated heterocycles. The van der Waals surface area contributed by atoms with Crippen molar-refractivity contribution in [3.05, 3.63) is 0 Å². The zero-order valence-corrected chi connectivity index (χ0v) is 13.9. The van der Waals surface area contributed by atoms with Gasteiger partial charge < -0.3 is 5.11 Å². The molecule has 126 valence electrons. The third-order valence-electron chi connectivity index (χ3n) is 6.17. The fourth-order valence-electron chi connectivity index (χ4n) is 4.71. The Morgan fingerprint density at radius 2 is 1.55 bits per heavy atom. The lowest BCUT2D eigenvalue weighted by molar-refractivity contribution is -0.142. The highest BCUT2D eigenvalue weighted by Gasteiger charge is 2.43. The zero-order valence-electron chi connectivity index (χ0n) is 13.1. The van der Waals surface area contributed by atoms with Crippen LogP contribution in [0.5, 0.6) is 0 Å². The summed E-state index contributed by atoms with van der Waals surface area (Å²) < 4.78 is 27.9. The van der Waals surface area contributed by atoms with Gasteiger partial charge in [0.25, 0.3) is 0 Å². The summed E-state index contributed by atoms with van der Waals surface area (Å²) in [4.78, 5) is 11.0. The van der Waals surface area contributed by atoms with E-state index in [9.17, 15) is 13.2 Å². The monoisotopic (exact) mass is 329 g/mol. The fourth-order valence-corrected chi connectivity index (χ4v) is 6.78. The van der Waals surface area contributed by atoms with Crippen molar-refractivity contribution in [2.24, 2.45) is 17.3 Å². The van der Waals surface area contributed by atoms with Gasteiger partial charge in [0.1, 0.15) is 0 Å². The van der Waals surface area contributed by atoms with E-state index < -0.39 is 16.0 Å². The first-order valence-electron chi connectivity index (χ1n) is 8.60. The molecule has 6 heteroatoms. The molecular weight excluding hydrogens is 302 g/mol. The van der Waals surface area contributed by atoms with Crippen molar-refractivity contribution in [2.45, 2.75) is 70.3 Å². The third kappa shape index (κ3) is 3.65. The molecule has 0 amide bonds. The number of hydrogen-bond acceptors (Lipinski definition) is 3. The van der Waals surface area contributed by atoms with Crippen molar-refractivity contribution >= 4 is 16.0 Å². The van der Waals surface area contributed by atoms with Crippen molar-refractivity contribution in [1.82, 2.24) is 4.72 Å². The number of rotatable bonds is 5. The quantitative estimate of drug-likeness (QED) is 0.812. The minimum absolute atomic E-state index is 0.0127. The molecule has 0 radical (unpaired) electrons. The van der Waals surface area contributed by atoms with Gasteiger partial charge in [0.2, 0.25) is 10.0 Å². The lowest BCUT2D eigenvalue weighted by atomic mass is 9.62. The molecule has 0 atom stereocenters. The van der Waals surface area contributed by atoms with E-state index in [1.807, 2.05) is 0 Å². The number of fused-ring (bicyclic) bond motifs is 3. The summed E-state index contributed by atoms with van der Waals surface area (Å²) in [5.74, 6) is 0.0574. The van der Waals surface area contributed by atoms with Crippen LogP contribution in [0.3, 0.4) is 0 Å². The maximum atomic E-state index is 12.5. The minimum Gasteiger partial charge on any atom is -0.481 e.